The number of amides is 3. The summed E-state index contributed by atoms with van der Waals surface area (Å²) in [4.78, 5) is 47.8. The van der Waals surface area contributed by atoms with Crippen molar-refractivity contribution in [2.24, 2.45) is 11.8 Å². The zero-order valence-electron chi connectivity index (χ0n) is 23.1. The summed E-state index contributed by atoms with van der Waals surface area (Å²) >= 11 is 1.66. The van der Waals surface area contributed by atoms with Gasteiger partial charge in [0.15, 0.2) is 0 Å². The fourth-order valence-electron chi connectivity index (χ4n) is 6.79. The highest BCUT2D eigenvalue weighted by Crippen LogP contribution is 2.71. The van der Waals surface area contributed by atoms with Gasteiger partial charge in [0.1, 0.15) is 6.04 Å². The van der Waals surface area contributed by atoms with Crippen molar-refractivity contribution in [3.8, 4) is 0 Å². The molecule has 3 aliphatic rings. The molecule has 3 saturated heterocycles. The van der Waals surface area contributed by atoms with Crippen LogP contribution in [-0.2, 0) is 20.9 Å². The molecule has 2 bridgehead atoms. The molecule has 4 rings (SSSR count). The maximum Gasteiger partial charge on any atom is 0.247 e. The molecule has 0 aromatic heterocycles. The van der Waals surface area contributed by atoms with E-state index in [1.165, 1.54) is 0 Å². The van der Waals surface area contributed by atoms with Gasteiger partial charge in [0.25, 0.3) is 0 Å². The molecule has 7 nitrogen and oxygen atoms in total. The van der Waals surface area contributed by atoms with Crippen molar-refractivity contribution >= 4 is 29.5 Å². The van der Waals surface area contributed by atoms with E-state index in [-0.39, 0.29) is 30.9 Å². The molecule has 5 atom stereocenters. The number of fused-ring (bicyclic) bond motifs is 1. The molecule has 1 N–H and O–H groups in total. The van der Waals surface area contributed by atoms with Crippen LogP contribution in [0.3, 0.4) is 0 Å². The van der Waals surface area contributed by atoms with Crippen molar-refractivity contribution in [2.45, 2.75) is 68.2 Å². The lowest BCUT2D eigenvalue weighted by atomic mass is 9.66. The number of rotatable bonds is 10. The standard InChI is InChI=1S/C30H41N3O4S/c1-7-16-31(20-21-12-10-9-11-13-21)25(35)22-23-26(36)32(18-19-34)24(30(23)15-14-29(22,6)38-30)27(37)33(17-8-2)28(3,4)5/h7-13,22-24,34H,1-2,14-20H2,3-6H3/t22-,23-,24?,29+,30?/m0/s1. The second-order valence-corrected chi connectivity index (χ2v) is 13.8. The van der Waals surface area contributed by atoms with Crippen molar-refractivity contribution in [1.82, 2.24) is 14.7 Å². The van der Waals surface area contributed by atoms with Gasteiger partial charge in [-0.05, 0) is 46.1 Å². The molecule has 1 spiro atoms. The van der Waals surface area contributed by atoms with Gasteiger partial charge in [-0.1, -0.05) is 42.5 Å². The molecule has 206 valence electrons. The van der Waals surface area contributed by atoms with E-state index in [1.54, 1.807) is 38.6 Å². The Labute approximate surface area is 230 Å². The highest BCUT2D eigenvalue weighted by molar-refractivity contribution is 8.02. The predicted octanol–water partition coefficient (Wildman–Crippen LogP) is 3.49. The number of nitrogens with zero attached hydrogens (tertiary/aromatic N) is 3. The van der Waals surface area contributed by atoms with E-state index in [9.17, 15) is 19.5 Å². The lowest BCUT2D eigenvalue weighted by Crippen LogP contribution is -2.59. The molecule has 38 heavy (non-hydrogen) atoms. The molecule has 3 heterocycles. The highest BCUT2D eigenvalue weighted by Gasteiger charge is 2.77. The van der Waals surface area contributed by atoms with Crippen LogP contribution in [0.15, 0.2) is 55.6 Å². The maximum absolute atomic E-state index is 14.3. The number of hydrogen-bond acceptors (Lipinski definition) is 5. The Morgan fingerprint density at radius 2 is 1.79 bits per heavy atom. The van der Waals surface area contributed by atoms with Crippen LogP contribution in [0.5, 0.6) is 0 Å². The lowest BCUT2D eigenvalue weighted by molar-refractivity contribution is -0.147. The number of carbonyl (C=O) groups excluding carboxylic acids is 3. The van der Waals surface area contributed by atoms with Crippen molar-refractivity contribution in [1.29, 1.82) is 0 Å². The van der Waals surface area contributed by atoms with Crippen molar-refractivity contribution < 1.29 is 19.5 Å². The van der Waals surface area contributed by atoms with Crippen LogP contribution in [-0.4, -0.2) is 84.8 Å². The van der Waals surface area contributed by atoms with E-state index < -0.39 is 32.9 Å². The van der Waals surface area contributed by atoms with E-state index in [0.717, 1.165) is 12.0 Å². The van der Waals surface area contributed by atoms with Gasteiger partial charge in [-0.3, -0.25) is 14.4 Å². The van der Waals surface area contributed by atoms with Gasteiger partial charge in [0.2, 0.25) is 17.7 Å². The Balaban J connectivity index is 1.75. The average Bonchev–Trinajstić information content (AvgIpc) is 3.42. The molecule has 3 aliphatic heterocycles. The van der Waals surface area contributed by atoms with Gasteiger partial charge < -0.3 is 19.8 Å². The summed E-state index contributed by atoms with van der Waals surface area (Å²) < 4.78 is -1.17. The number of hydrogen-bond donors (Lipinski definition) is 1. The molecule has 3 fully saturated rings. The molecule has 1 aromatic rings. The first kappa shape index (κ1) is 28.4. The van der Waals surface area contributed by atoms with Crippen LogP contribution in [0, 0.1) is 11.8 Å². The van der Waals surface area contributed by atoms with E-state index in [1.807, 2.05) is 51.1 Å². The Kier molecular flexibility index (Phi) is 7.88. The van der Waals surface area contributed by atoms with Crippen molar-refractivity contribution in [3.63, 3.8) is 0 Å². The smallest absolute Gasteiger partial charge is 0.247 e. The van der Waals surface area contributed by atoms with Crippen LogP contribution in [0.2, 0.25) is 0 Å². The third-order valence-corrected chi connectivity index (χ3v) is 10.4. The Morgan fingerprint density at radius 1 is 1.13 bits per heavy atom. The topological polar surface area (TPSA) is 81.2 Å². The largest absolute Gasteiger partial charge is 0.395 e. The molecule has 0 saturated carbocycles. The molecule has 0 aliphatic carbocycles. The third-order valence-electron chi connectivity index (χ3n) is 8.38. The number of benzene rings is 1. The number of likely N-dealkylation sites (tertiary alicyclic amines) is 1. The zero-order valence-corrected chi connectivity index (χ0v) is 23.9. The molecule has 3 amide bonds. The zero-order chi connectivity index (χ0) is 27.9. The quantitative estimate of drug-likeness (QED) is 0.461. The summed E-state index contributed by atoms with van der Waals surface area (Å²) in [5.74, 6) is -1.58. The SMILES string of the molecule is C=CCN(Cc1ccccc1)C(=O)[C@@H]1[C@H]2C(=O)N(CCO)C(C(=O)N(CC=C)C(C)(C)C)C23CC[C@@]1(C)S3. The summed E-state index contributed by atoms with van der Waals surface area (Å²) in [6.07, 6.45) is 4.85. The minimum atomic E-state index is -0.738. The van der Waals surface area contributed by atoms with Gasteiger partial charge in [-0.15, -0.1) is 24.9 Å². The summed E-state index contributed by atoms with van der Waals surface area (Å²) in [7, 11) is 0. The van der Waals surface area contributed by atoms with Gasteiger partial charge in [-0.25, -0.2) is 0 Å². The minimum absolute atomic E-state index is 0.0676. The van der Waals surface area contributed by atoms with Gasteiger partial charge in [-0.2, -0.15) is 0 Å². The molecule has 1 aromatic carbocycles. The maximum atomic E-state index is 14.3. The van der Waals surface area contributed by atoms with Crippen LogP contribution >= 0.6 is 11.8 Å². The first-order valence-corrected chi connectivity index (χ1v) is 14.2. The van der Waals surface area contributed by atoms with Crippen LogP contribution in [0.25, 0.3) is 0 Å². The average molecular weight is 540 g/mol. The summed E-state index contributed by atoms with van der Waals surface area (Å²) in [5.41, 5.74) is 0.529. The molecule has 8 heteroatoms. The lowest BCUT2D eigenvalue weighted by Gasteiger charge is -2.42. The molecule has 0 radical (unpaired) electrons. The second kappa shape index (κ2) is 10.5. The first-order chi connectivity index (χ1) is 17.9. The number of β-amino-alcohol motifs (C(OH)–C–C–N with tert-alkyl or cyclic N) is 1. The van der Waals surface area contributed by atoms with E-state index in [0.29, 0.717) is 26.1 Å². The van der Waals surface area contributed by atoms with Gasteiger partial charge in [0.05, 0.1) is 23.2 Å². The molecule has 2 unspecified atom stereocenters. The minimum Gasteiger partial charge on any atom is -0.395 e. The van der Waals surface area contributed by atoms with Crippen LogP contribution < -0.4 is 0 Å². The number of thioether (sulfide) groups is 1. The molecular formula is C30H41N3O4S. The van der Waals surface area contributed by atoms with E-state index >= 15 is 0 Å². The summed E-state index contributed by atoms with van der Waals surface area (Å²) in [6.45, 7) is 16.7. The van der Waals surface area contributed by atoms with Gasteiger partial charge in [0, 0.05) is 36.5 Å². The number of aliphatic hydroxyl groups is 1. The monoisotopic (exact) mass is 539 g/mol. The fraction of sp³-hybridized carbons (Fsp3) is 0.567. The van der Waals surface area contributed by atoms with E-state index in [2.05, 4.69) is 20.1 Å². The Morgan fingerprint density at radius 3 is 2.37 bits per heavy atom. The van der Waals surface area contributed by atoms with Crippen molar-refractivity contribution in [3.05, 3.63) is 61.2 Å². The number of carbonyl (C=O) groups is 3. The molecular weight excluding hydrogens is 498 g/mol. The third kappa shape index (κ3) is 4.60. The first-order valence-electron chi connectivity index (χ1n) is 13.4. The normalized spacial score (nSPS) is 29.8. The Hall–Kier alpha value is -2.58. The highest BCUT2D eigenvalue weighted by atomic mass is 32.2. The second-order valence-electron chi connectivity index (χ2n) is 11.9. The van der Waals surface area contributed by atoms with Gasteiger partial charge >= 0.3 is 0 Å². The van der Waals surface area contributed by atoms with Crippen molar-refractivity contribution in [2.75, 3.05) is 26.2 Å². The predicted molar refractivity (Wildman–Crippen MR) is 151 cm³/mol. The number of aliphatic hydroxyl groups excluding tert-OH is 1. The Bertz CT molecular complexity index is 1100. The summed E-state index contributed by atoms with van der Waals surface area (Å²) in [6, 6.07) is 9.07. The van der Waals surface area contributed by atoms with Crippen LogP contribution in [0.4, 0.5) is 0 Å². The van der Waals surface area contributed by atoms with Crippen LogP contribution in [0.1, 0.15) is 46.1 Å². The fourth-order valence-corrected chi connectivity index (χ4v) is 9.13. The summed E-state index contributed by atoms with van der Waals surface area (Å²) in [5, 5.41) is 9.90. The van der Waals surface area contributed by atoms with E-state index in [4.69, 9.17) is 0 Å².